The highest BCUT2D eigenvalue weighted by molar-refractivity contribution is 6.35. The number of hydrogen-bond donors (Lipinski definition) is 1. The molecule has 0 saturated carbocycles. The van der Waals surface area contributed by atoms with Gasteiger partial charge in [-0.3, -0.25) is 9.69 Å². The third kappa shape index (κ3) is 4.12. The second-order valence-corrected chi connectivity index (χ2v) is 6.46. The number of halogens is 1. The lowest BCUT2D eigenvalue weighted by molar-refractivity contribution is -0.122. The first-order valence-corrected chi connectivity index (χ1v) is 8.41. The molecule has 24 heavy (non-hydrogen) atoms. The molecule has 5 nitrogen and oxygen atoms in total. The number of fused-ring (bicyclic) bond motifs is 1. The van der Waals surface area contributed by atoms with E-state index in [9.17, 15) is 4.79 Å². The fourth-order valence-corrected chi connectivity index (χ4v) is 3.06. The first-order valence-electron chi connectivity index (χ1n) is 8.03. The van der Waals surface area contributed by atoms with Crippen LogP contribution in [0.4, 0.5) is 0 Å². The van der Waals surface area contributed by atoms with E-state index in [1.165, 1.54) is 0 Å². The van der Waals surface area contributed by atoms with Gasteiger partial charge in [-0.05, 0) is 18.5 Å². The van der Waals surface area contributed by atoms with E-state index in [1.807, 2.05) is 36.4 Å². The number of benzene rings is 2. The number of hydrogen-bond acceptors (Lipinski definition) is 4. The molecule has 1 aliphatic rings. The van der Waals surface area contributed by atoms with Gasteiger partial charge in [0.1, 0.15) is 0 Å². The number of nitrogens with zero attached hydrogens (tertiary/aromatic N) is 3. The smallest absolute Gasteiger partial charge is 0.254 e. The third-order valence-electron chi connectivity index (χ3n) is 4.26. The second kappa shape index (κ2) is 7.75. The summed E-state index contributed by atoms with van der Waals surface area (Å²) in [5, 5.41) is 6.80. The number of rotatable bonds is 4. The molecule has 2 aromatic carbocycles. The van der Waals surface area contributed by atoms with Crippen molar-refractivity contribution in [3.63, 3.8) is 0 Å². The molecular weight excluding hydrogens is 324 g/mol. The van der Waals surface area contributed by atoms with E-state index in [0.717, 1.165) is 42.5 Å². The van der Waals surface area contributed by atoms with Crippen molar-refractivity contribution in [1.29, 1.82) is 0 Å². The minimum absolute atomic E-state index is 0.0888. The summed E-state index contributed by atoms with van der Waals surface area (Å²) in [6, 6.07) is 11.6. The van der Waals surface area contributed by atoms with E-state index in [0.29, 0.717) is 11.6 Å². The molecule has 1 amide bonds. The molecule has 0 spiro atoms. The van der Waals surface area contributed by atoms with E-state index >= 15 is 0 Å². The topological polar surface area (TPSA) is 47.9 Å². The maximum absolute atomic E-state index is 12.0. The number of piperazine rings is 1. The fraction of sp³-hybridized carbons (Fsp3) is 0.333. The fourth-order valence-electron chi connectivity index (χ4n) is 2.83. The average molecular weight is 345 g/mol. The lowest BCUT2D eigenvalue weighted by Crippen LogP contribution is -2.47. The number of carbonyl (C=O) groups excluding carboxylic acids is 1. The number of hydrazone groups is 1. The minimum atomic E-state index is -0.0888. The SMILES string of the molecule is CN1CCN(CC(=O)N/N=C/c2cccc3c(Cl)cccc23)CC1. The molecule has 1 heterocycles. The number of carbonyl (C=O) groups is 1. The summed E-state index contributed by atoms with van der Waals surface area (Å²) in [6.45, 7) is 4.19. The Bertz CT molecular complexity index is 754. The van der Waals surface area contributed by atoms with Gasteiger partial charge in [0.2, 0.25) is 0 Å². The predicted octanol–water partition coefficient (Wildman–Crippen LogP) is 2.19. The summed E-state index contributed by atoms with van der Waals surface area (Å²) in [4.78, 5) is 16.4. The highest BCUT2D eigenvalue weighted by Gasteiger charge is 2.16. The predicted molar refractivity (Wildman–Crippen MR) is 98.6 cm³/mol. The van der Waals surface area contributed by atoms with E-state index in [1.54, 1.807) is 6.21 Å². The van der Waals surface area contributed by atoms with Crippen molar-refractivity contribution in [3.8, 4) is 0 Å². The molecule has 1 N–H and O–H groups in total. The van der Waals surface area contributed by atoms with Gasteiger partial charge in [-0.2, -0.15) is 5.10 Å². The minimum Gasteiger partial charge on any atom is -0.304 e. The van der Waals surface area contributed by atoms with Crippen molar-refractivity contribution >= 4 is 34.5 Å². The molecule has 0 atom stereocenters. The van der Waals surface area contributed by atoms with Gasteiger partial charge in [0.15, 0.2) is 0 Å². The molecule has 0 unspecified atom stereocenters. The molecule has 3 rings (SSSR count). The first-order chi connectivity index (χ1) is 11.6. The van der Waals surface area contributed by atoms with Gasteiger partial charge >= 0.3 is 0 Å². The van der Waals surface area contributed by atoms with Crippen molar-refractivity contribution in [3.05, 3.63) is 47.0 Å². The zero-order valence-electron chi connectivity index (χ0n) is 13.7. The van der Waals surface area contributed by atoms with E-state index < -0.39 is 0 Å². The van der Waals surface area contributed by atoms with Crippen LogP contribution in [0.2, 0.25) is 5.02 Å². The van der Waals surface area contributed by atoms with Gasteiger partial charge < -0.3 is 4.90 Å². The van der Waals surface area contributed by atoms with Crippen LogP contribution in [0.15, 0.2) is 41.5 Å². The second-order valence-electron chi connectivity index (χ2n) is 6.05. The first kappa shape index (κ1) is 16.9. The Morgan fingerprint density at radius 3 is 2.67 bits per heavy atom. The Labute approximate surface area is 146 Å². The Morgan fingerprint density at radius 1 is 1.17 bits per heavy atom. The van der Waals surface area contributed by atoms with Crippen LogP contribution in [-0.4, -0.2) is 61.7 Å². The lowest BCUT2D eigenvalue weighted by Gasteiger charge is -2.31. The van der Waals surface area contributed by atoms with Crippen molar-refractivity contribution in [1.82, 2.24) is 15.2 Å². The standard InChI is InChI=1S/C18H21ClN4O/c1-22-8-10-23(11-9-22)13-18(24)21-20-12-14-4-2-6-16-15(14)5-3-7-17(16)19/h2-7,12H,8-11,13H2,1H3,(H,21,24)/b20-12+. The van der Waals surface area contributed by atoms with Gasteiger partial charge in [0.25, 0.3) is 5.91 Å². The van der Waals surface area contributed by atoms with Crippen molar-refractivity contribution in [2.24, 2.45) is 5.10 Å². The van der Waals surface area contributed by atoms with Crippen LogP contribution in [-0.2, 0) is 4.79 Å². The van der Waals surface area contributed by atoms with Crippen LogP contribution in [0.3, 0.4) is 0 Å². The number of nitrogens with one attached hydrogen (secondary N) is 1. The molecular formula is C18H21ClN4O. The summed E-state index contributed by atoms with van der Waals surface area (Å²) in [5.41, 5.74) is 3.54. The largest absolute Gasteiger partial charge is 0.304 e. The number of amides is 1. The normalized spacial score (nSPS) is 16.8. The highest BCUT2D eigenvalue weighted by Crippen LogP contribution is 2.24. The molecule has 0 aromatic heterocycles. The quantitative estimate of drug-likeness (QED) is 0.683. The third-order valence-corrected chi connectivity index (χ3v) is 4.59. The molecule has 0 bridgehead atoms. The highest BCUT2D eigenvalue weighted by atomic mass is 35.5. The van der Waals surface area contributed by atoms with Crippen LogP contribution in [0.1, 0.15) is 5.56 Å². The summed E-state index contributed by atoms with van der Waals surface area (Å²) < 4.78 is 0. The molecule has 0 radical (unpaired) electrons. The van der Waals surface area contributed by atoms with Crippen LogP contribution in [0, 0.1) is 0 Å². The van der Waals surface area contributed by atoms with Crippen molar-refractivity contribution < 1.29 is 4.79 Å². The summed E-state index contributed by atoms with van der Waals surface area (Å²) in [5.74, 6) is -0.0888. The molecule has 1 aliphatic heterocycles. The Balaban J connectivity index is 1.60. The Hall–Kier alpha value is -1.95. The molecule has 6 heteroatoms. The Kier molecular flexibility index (Phi) is 5.45. The molecule has 1 fully saturated rings. The molecule has 0 aliphatic carbocycles. The van der Waals surface area contributed by atoms with Crippen LogP contribution < -0.4 is 5.43 Å². The van der Waals surface area contributed by atoms with Crippen molar-refractivity contribution in [2.45, 2.75) is 0 Å². The van der Waals surface area contributed by atoms with E-state index in [4.69, 9.17) is 11.6 Å². The maximum Gasteiger partial charge on any atom is 0.254 e. The summed E-state index contributed by atoms with van der Waals surface area (Å²) in [7, 11) is 2.10. The van der Waals surface area contributed by atoms with Gasteiger partial charge in [0.05, 0.1) is 12.8 Å². The van der Waals surface area contributed by atoms with Gasteiger partial charge in [-0.25, -0.2) is 5.43 Å². The van der Waals surface area contributed by atoms with Gasteiger partial charge in [-0.15, -0.1) is 0 Å². The molecule has 2 aromatic rings. The van der Waals surface area contributed by atoms with Gasteiger partial charge in [0, 0.05) is 42.2 Å². The molecule has 126 valence electrons. The number of likely N-dealkylation sites (N-methyl/N-ethyl adjacent to an activating group) is 1. The van der Waals surface area contributed by atoms with Crippen LogP contribution >= 0.6 is 11.6 Å². The lowest BCUT2D eigenvalue weighted by atomic mass is 10.1. The Morgan fingerprint density at radius 2 is 1.88 bits per heavy atom. The van der Waals surface area contributed by atoms with E-state index in [-0.39, 0.29) is 5.91 Å². The van der Waals surface area contributed by atoms with Crippen LogP contribution in [0.5, 0.6) is 0 Å². The van der Waals surface area contributed by atoms with Crippen molar-refractivity contribution in [2.75, 3.05) is 39.8 Å². The monoisotopic (exact) mass is 344 g/mol. The van der Waals surface area contributed by atoms with Gasteiger partial charge in [-0.1, -0.05) is 41.9 Å². The average Bonchev–Trinajstić information content (AvgIpc) is 2.58. The van der Waals surface area contributed by atoms with E-state index in [2.05, 4.69) is 27.4 Å². The van der Waals surface area contributed by atoms with Crippen LogP contribution in [0.25, 0.3) is 10.8 Å². The summed E-state index contributed by atoms with van der Waals surface area (Å²) in [6.07, 6.45) is 1.67. The maximum atomic E-state index is 12.0. The molecule has 1 saturated heterocycles. The summed E-state index contributed by atoms with van der Waals surface area (Å²) >= 11 is 6.21. The zero-order chi connectivity index (χ0) is 16.9. The zero-order valence-corrected chi connectivity index (χ0v) is 14.5.